The third-order valence-corrected chi connectivity index (χ3v) is 4.52. The lowest BCUT2D eigenvalue weighted by Gasteiger charge is -2.35. The first-order valence-corrected chi connectivity index (χ1v) is 8.46. The minimum Gasteiger partial charge on any atom is -0.386 e. The molecule has 0 aromatic carbocycles. The second kappa shape index (κ2) is 4.38. The van der Waals surface area contributed by atoms with Crippen molar-refractivity contribution >= 4 is 48.9 Å². The first-order chi connectivity index (χ1) is 5.60. The van der Waals surface area contributed by atoms with Gasteiger partial charge in [0.15, 0.2) is 0 Å². The van der Waals surface area contributed by atoms with Crippen molar-refractivity contribution in [1.82, 2.24) is 4.57 Å². The number of halogens is 3. The van der Waals surface area contributed by atoms with Crippen LogP contribution in [0.25, 0.3) is 0 Å². The van der Waals surface area contributed by atoms with Gasteiger partial charge in [0.05, 0.1) is 0 Å². The highest BCUT2D eigenvalue weighted by Crippen LogP contribution is 2.30. The molecule has 0 aromatic rings. The van der Waals surface area contributed by atoms with Gasteiger partial charge in [-0.25, -0.2) is 0 Å². The maximum absolute atomic E-state index is 5.78. The molecule has 0 rings (SSSR count). The molecule has 0 aliphatic carbocycles. The Morgan fingerprint density at radius 2 is 1.62 bits per heavy atom. The molecule has 0 bridgehead atoms. The quantitative estimate of drug-likeness (QED) is 0.306. The Hall–Kier alpha value is 0.557. The molecule has 0 aliphatic rings. The van der Waals surface area contributed by atoms with Crippen LogP contribution in [-0.2, 0) is 0 Å². The van der Waals surface area contributed by atoms with Crippen LogP contribution >= 0.6 is 34.8 Å². The molecule has 0 heterocycles. The summed E-state index contributed by atoms with van der Waals surface area (Å²) in [6, 6.07) is 0. The van der Waals surface area contributed by atoms with Crippen molar-refractivity contribution in [2.24, 2.45) is 4.99 Å². The molecule has 0 radical (unpaired) electrons. The van der Waals surface area contributed by atoms with E-state index < -0.39 is 12.0 Å². The zero-order valence-corrected chi connectivity index (χ0v) is 11.8. The fraction of sp³-hybridized carbons (Fsp3) is 0.857. The van der Waals surface area contributed by atoms with E-state index in [1.807, 2.05) is 11.6 Å². The van der Waals surface area contributed by atoms with Crippen LogP contribution in [0.5, 0.6) is 0 Å². The molecule has 0 saturated heterocycles. The fourth-order valence-electron chi connectivity index (χ4n) is 0.785. The molecule has 0 spiro atoms. The Bertz CT molecular complexity index is 205. The van der Waals surface area contributed by atoms with Crippen molar-refractivity contribution in [3.63, 3.8) is 0 Å². The van der Waals surface area contributed by atoms with E-state index in [1.165, 1.54) is 0 Å². The first kappa shape index (κ1) is 13.6. The van der Waals surface area contributed by atoms with E-state index in [0.29, 0.717) is 5.84 Å². The average Bonchev–Trinajstić information content (AvgIpc) is 1.83. The molecular formula is C7H15Cl3N2Si. The SMILES string of the molecule is CN=C(N(C)[Si](C)(C)C)C(Cl)(Cl)Cl. The Balaban J connectivity index is 4.84. The maximum Gasteiger partial charge on any atom is 0.246 e. The number of nitrogens with zero attached hydrogens (tertiary/aromatic N) is 2. The highest BCUT2D eigenvalue weighted by Gasteiger charge is 2.35. The molecule has 0 aromatic heterocycles. The summed E-state index contributed by atoms with van der Waals surface area (Å²) in [5.74, 6) is 0.511. The van der Waals surface area contributed by atoms with E-state index in [9.17, 15) is 0 Å². The van der Waals surface area contributed by atoms with E-state index in [2.05, 4.69) is 24.6 Å². The second-order valence-corrected chi connectivity index (χ2v) is 11.1. The van der Waals surface area contributed by atoms with E-state index in [4.69, 9.17) is 34.8 Å². The van der Waals surface area contributed by atoms with Gasteiger partial charge < -0.3 is 4.57 Å². The summed E-state index contributed by atoms with van der Waals surface area (Å²) in [5, 5.41) is 0. The van der Waals surface area contributed by atoms with Crippen LogP contribution in [0.15, 0.2) is 4.99 Å². The van der Waals surface area contributed by atoms with Crippen molar-refractivity contribution in [1.29, 1.82) is 0 Å². The molecule has 0 N–H and O–H groups in total. The lowest BCUT2D eigenvalue weighted by molar-refractivity contribution is 0.738. The van der Waals surface area contributed by atoms with Crippen LogP contribution < -0.4 is 0 Å². The zero-order valence-electron chi connectivity index (χ0n) is 8.53. The predicted molar refractivity (Wildman–Crippen MR) is 64.8 cm³/mol. The van der Waals surface area contributed by atoms with Crippen molar-refractivity contribution in [2.75, 3.05) is 14.1 Å². The molecule has 0 saturated carbocycles. The largest absolute Gasteiger partial charge is 0.386 e. The summed E-state index contributed by atoms with van der Waals surface area (Å²) in [6.07, 6.45) is 0. The van der Waals surface area contributed by atoms with Crippen LogP contribution in [0, 0.1) is 0 Å². The Labute approximate surface area is 96.0 Å². The topological polar surface area (TPSA) is 15.6 Å². The lowest BCUT2D eigenvalue weighted by Crippen LogP contribution is -2.51. The molecule has 78 valence electrons. The normalized spacial score (nSPS) is 14.6. The van der Waals surface area contributed by atoms with Gasteiger partial charge in [0.2, 0.25) is 3.79 Å². The van der Waals surface area contributed by atoms with Gasteiger partial charge in [-0.2, -0.15) is 0 Å². The summed E-state index contributed by atoms with van der Waals surface area (Å²) >= 11 is 17.3. The van der Waals surface area contributed by atoms with Gasteiger partial charge in [-0.15, -0.1) is 0 Å². The monoisotopic (exact) mass is 260 g/mol. The van der Waals surface area contributed by atoms with Crippen molar-refractivity contribution in [2.45, 2.75) is 23.4 Å². The third-order valence-electron chi connectivity index (χ3n) is 1.79. The average molecular weight is 262 g/mol. The van der Waals surface area contributed by atoms with E-state index >= 15 is 0 Å². The molecule has 0 unspecified atom stereocenters. The number of alkyl halides is 3. The van der Waals surface area contributed by atoms with Crippen LogP contribution in [0.3, 0.4) is 0 Å². The maximum atomic E-state index is 5.78. The number of hydrogen-bond donors (Lipinski definition) is 0. The molecule has 6 heteroatoms. The minimum absolute atomic E-state index is 0.511. The lowest BCUT2D eigenvalue weighted by atomic mass is 10.6. The molecule has 2 nitrogen and oxygen atoms in total. The summed E-state index contributed by atoms with van der Waals surface area (Å²) in [4.78, 5) is 4.01. The van der Waals surface area contributed by atoms with E-state index in [0.717, 1.165) is 0 Å². The number of aliphatic imine (C=N–C) groups is 1. The van der Waals surface area contributed by atoms with Gasteiger partial charge in [-0.05, 0) is 7.05 Å². The number of hydrogen-bond acceptors (Lipinski definition) is 1. The van der Waals surface area contributed by atoms with Crippen LogP contribution in [0.1, 0.15) is 0 Å². The highest BCUT2D eigenvalue weighted by atomic mass is 35.6. The first-order valence-electron chi connectivity index (χ1n) is 3.88. The van der Waals surface area contributed by atoms with Crippen molar-refractivity contribution in [3.8, 4) is 0 Å². The summed E-state index contributed by atoms with van der Waals surface area (Å²) < 4.78 is 0.559. The minimum atomic E-state index is -1.51. The van der Waals surface area contributed by atoms with Gasteiger partial charge in [0.1, 0.15) is 14.1 Å². The van der Waals surface area contributed by atoms with Gasteiger partial charge in [-0.3, -0.25) is 4.99 Å². The molecule has 13 heavy (non-hydrogen) atoms. The van der Waals surface area contributed by atoms with Gasteiger partial charge >= 0.3 is 0 Å². The second-order valence-electron chi connectivity index (χ2n) is 3.77. The van der Waals surface area contributed by atoms with Crippen molar-refractivity contribution in [3.05, 3.63) is 0 Å². The van der Waals surface area contributed by atoms with Gasteiger partial charge in [0, 0.05) is 7.05 Å². The molecule has 0 amide bonds. The number of rotatable bonds is 1. The van der Waals surface area contributed by atoms with Crippen molar-refractivity contribution < 1.29 is 0 Å². The molecular weight excluding hydrogens is 247 g/mol. The number of amidine groups is 1. The highest BCUT2D eigenvalue weighted by molar-refractivity contribution is 6.81. The third kappa shape index (κ3) is 4.06. The van der Waals surface area contributed by atoms with E-state index in [-0.39, 0.29) is 0 Å². The van der Waals surface area contributed by atoms with Gasteiger partial charge in [0.25, 0.3) is 0 Å². The molecule has 0 fully saturated rings. The molecule has 0 aliphatic heterocycles. The van der Waals surface area contributed by atoms with Crippen LogP contribution in [0.4, 0.5) is 0 Å². The van der Waals surface area contributed by atoms with Gasteiger partial charge in [-0.1, -0.05) is 54.4 Å². The predicted octanol–water partition coefficient (Wildman–Crippen LogP) is 3.15. The Morgan fingerprint density at radius 1 is 1.23 bits per heavy atom. The van der Waals surface area contributed by atoms with E-state index in [1.54, 1.807) is 7.05 Å². The fourth-order valence-corrected chi connectivity index (χ4v) is 2.53. The van der Waals surface area contributed by atoms with Crippen LogP contribution in [-0.4, -0.2) is 36.5 Å². The summed E-state index contributed by atoms with van der Waals surface area (Å²) in [7, 11) is 2.04. The molecule has 0 atom stereocenters. The summed E-state index contributed by atoms with van der Waals surface area (Å²) in [5.41, 5.74) is 0. The standard InChI is InChI=1S/C7H15Cl3N2Si/c1-11-6(7(8,9)10)12(2)13(3,4)5/h1-5H3. The Kier molecular flexibility index (Phi) is 4.57. The smallest absolute Gasteiger partial charge is 0.246 e. The zero-order chi connectivity index (χ0) is 10.9. The van der Waals surface area contributed by atoms with Crippen LogP contribution in [0.2, 0.25) is 19.6 Å². The Morgan fingerprint density at radius 3 is 1.69 bits per heavy atom. The summed E-state index contributed by atoms with van der Waals surface area (Å²) in [6.45, 7) is 6.48.